The lowest BCUT2D eigenvalue weighted by Gasteiger charge is -2.06. The van der Waals surface area contributed by atoms with Gasteiger partial charge in [0, 0.05) is 16.3 Å². The van der Waals surface area contributed by atoms with Crippen molar-refractivity contribution in [2.45, 2.75) is 6.42 Å². The van der Waals surface area contributed by atoms with Gasteiger partial charge < -0.3 is 14.5 Å². The van der Waals surface area contributed by atoms with E-state index in [4.69, 9.17) is 20.8 Å². The number of carbonyl (C=O) groups excluding carboxylic acids is 2. The normalized spacial score (nSPS) is 10.3. The number of halogens is 1. The first-order valence-electron chi connectivity index (χ1n) is 7.81. The van der Waals surface area contributed by atoms with Gasteiger partial charge in [-0.15, -0.1) is 0 Å². The molecule has 1 heterocycles. The molecule has 0 fully saturated rings. The van der Waals surface area contributed by atoms with Crippen molar-refractivity contribution in [3.63, 3.8) is 0 Å². The Morgan fingerprint density at radius 2 is 1.92 bits per heavy atom. The first kappa shape index (κ1) is 17.7. The van der Waals surface area contributed by atoms with Crippen LogP contribution in [0, 0.1) is 0 Å². The minimum absolute atomic E-state index is 0.0826. The number of nitrogens with one attached hydrogen (secondary N) is 1. The van der Waals surface area contributed by atoms with Gasteiger partial charge >= 0.3 is 5.97 Å². The van der Waals surface area contributed by atoms with Crippen molar-refractivity contribution in [1.82, 2.24) is 4.98 Å². The van der Waals surface area contributed by atoms with E-state index >= 15 is 0 Å². The summed E-state index contributed by atoms with van der Waals surface area (Å²) >= 11 is 5.84. The highest BCUT2D eigenvalue weighted by Gasteiger charge is 2.13. The van der Waals surface area contributed by atoms with Gasteiger partial charge in [0.15, 0.2) is 6.61 Å². The minimum atomic E-state index is -0.570. The van der Waals surface area contributed by atoms with Gasteiger partial charge in [0.1, 0.15) is 6.26 Å². The molecule has 7 heteroatoms. The van der Waals surface area contributed by atoms with E-state index in [1.807, 2.05) is 30.3 Å². The quantitative estimate of drug-likeness (QED) is 0.669. The molecule has 0 saturated carbocycles. The van der Waals surface area contributed by atoms with Gasteiger partial charge in [-0.05, 0) is 30.3 Å². The maximum absolute atomic E-state index is 11.9. The molecule has 0 atom stereocenters. The molecule has 0 radical (unpaired) electrons. The molecule has 0 aliphatic heterocycles. The van der Waals surface area contributed by atoms with Crippen molar-refractivity contribution in [2.24, 2.45) is 0 Å². The number of hydrogen-bond donors (Lipinski definition) is 1. The van der Waals surface area contributed by atoms with Gasteiger partial charge in [0.05, 0.1) is 12.1 Å². The number of rotatable bonds is 6. The van der Waals surface area contributed by atoms with Crippen LogP contribution in [0.1, 0.15) is 5.69 Å². The van der Waals surface area contributed by atoms with Crippen molar-refractivity contribution in [2.75, 3.05) is 11.9 Å². The maximum Gasteiger partial charge on any atom is 0.312 e. The van der Waals surface area contributed by atoms with Crippen LogP contribution >= 0.6 is 11.6 Å². The smallest absolute Gasteiger partial charge is 0.312 e. The lowest BCUT2D eigenvalue weighted by Crippen LogP contribution is -2.21. The van der Waals surface area contributed by atoms with Crippen LogP contribution in [0.5, 0.6) is 0 Å². The van der Waals surface area contributed by atoms with E-state index in [2.05, 4.69) is 10.3 Å². The Labute approximate surface area is 154 Å². The second-order valence-electron chi connectivity index (χ2n) is 5.41. The Balaban J connectivity index is 1.48. The molecule has 0 aliphatic rings. The highest BCUT2D eigenvalue weighted by Crippen LogP contribution is 2.18. The van der Waals surface area contributed by atoms with Gasteiger partial charge in [0.25, 0.3) is 5.91 Å². The number of amides is 1. The monoisotopic (exact) mass is 370 g/mol. The highest BCUT2D eigenvalue weighted by molar-refractivity contribution is 6.30. The van der Waals surface area contributed by atoms with Crippen molar-refractivity contribution >= 4 is 29.2 Å². The zero-order valence-electron chi connectivity index (χ0n) is 13.6. The Morgan fingerprint density at radius 1 is 1.12 bits per heavy atom. The van der Waals surface area contributed by atoms with Crippen LogP contribution in [0.2, 0.25) is 5.02 Å². The Morgan fingerprint density at radius 3 is 2.69 bits per heavy atom. The van der Waals surface area contributed by atoms with Gasteiger partial charge in [0.2, 0.25) is 5.89 Å². The average Bonchev–Trinajstić information content (AvgIpc) is 3.09. The summed E-state index contributed by atoms with van der Waals surface area (Å²) in [6, 6.07) is 16.0. The van der Waals surface area contributed by atoms with Crippen LogP contribution in [0.3, 0.4) is 0 Å². The fraction of sp³-hybridized carbons (Fsp3) is 0.105. The molecule has 6 nitrogen and oxygen atoms in total. The summed E-state index contributed by atoms with van der Waals surface area (Å²) in [5.41, 5.74) is 1.78. The fourth-order valence-electron chi connectivity index (χ4n) is 2.21. The van der Waals surface area contributed by atoms with Crippen LogP contribution in [-0.2, 0) is 20.7 Å². The van der Waals surface area contributed by atoms with Crippen LogP contribution in [0.25, 0.3) is 11.5 Å². The van der Waals surface area contributed by atoms with Crippen LogP contribution in [-0.4, -0.2) is 23.5 Å². The molecular formula is C19H15ClN2O4. The number of anilines is 1. The van der Waals surface area contributed by atoms with E-state index < -0.39 is 18.5 Å². The number of nitrogens with zero attached hydrogens (tertiary/aromatic N) is 1. The molecule has 0 bridgehead atoms. The summed E-state index contributed by atoms with van der Waals surface area (Å²) in [6.07, 6.45) is 1.32. The molecule has 1 N–H and O–H groups in total. The average molecular weight is 371 g/mol. The Hall–Kier alpha value is -3.12. The van der Waals surface area contributed by atoms with E-state index in [-0.39, 0.29) is 6.42 Å². The molecule has 0 unspecified atom stereocenters. The maximum atomic E-state index is 11.9. The van der Waals surface area contributed by atoms with E-state index in [1.54, 1.807) is 24.3 Å². The largest absolute Gasteiger partial charge is 0.455 e. The molecule has 0 spiro atoms. The number of aromatic nitrogens is 1. The molecule has 132 valence electrons. The van der Waals surface area contributed by atoms with E-state index in [9.17, 15) is 9.59 Å². The molecule has 3 rings (SSSR count). The summed E-state index contributed by atoms with van der Waals surface area (Å²) < 4.78 is 10.3. The zero-order valence-corrected chi connectivity index (χ0v) is 14.4. The lowest BCUT2D eigenvalue weighted by atomic mass is 10.2. The standard InChI is InChI=1S/C19H15ClN2O4/c20-14-7-4-8-15(9-14)21-17(23)12-25-18(24)10-16-11-26-19(22-16)13-5-2-1-3-6-13/h1-9,11H,10,12H2,(H,21,23). The van der Waals surface area contributed by atoms with Crippen LogP contribution in [0.15, 0.2) is 65.3 Å². The van der Waals surface area contributed by atoms with E-state index in [1.165, 1.54) is 6.26 Å². The molecule has 0 aliphatic carbocycles. The van der Waals surface area contributed by atoms with Crippen molar-refractivity contribution < 1.29 is 18.7 Å². The number of carbonyl (C=O) groups is 2. The molecule has 3 aromatic rings. The van der Waals surface area contributed by atoms with Gasteiger partial charge in [-0.3, -0.25) is 9.59 Å². The van der Waals surface area contributed by atoms with Gasteiger partial charge in [-0.25, -0.2) is 4.98 Å². The van der Waals surface area contributed by atoms with Crippen LogP contribution in [0.4, 0.5) is 5.69 Å². The third kappa shape index (κ3) is 4.94. The van der Waals surface area contributed by atoms with Crippen molar-refractivity contribution in [3.8, 4) is 11.5 Å². The van der Waals surface area contributed by atoms with E-state index in [0.717, 1.165) is 5.56 Å². The number of hydrogen-bond acceptors (Lipinski definition) is 5. The van der Waals surface area contributed by atoms with Gasteiger partial charge in [-0.2, -0.15) is 0 Å². The molecular weight excluding hydrogens is 356 g/mol. The summed E-state index contributed by atoms with van der Waals surface area (Å²) in [7, 11) is 0. The summed E-state index contributed by atoms with van der Waals surface area (Å²) in [5.74, 6) is -0.600. The Bertz CT molecular complexity index is 909. The van der Waals surface area contributed by atoms with Crippen LogP contribution < -0.4 is 5.32 Å². The summed E-state index contributed by atoms with van der Waals surface area (Å²) in [6.45, 7) is -0.394. The number of esters is 1. The highest BCUT2D eigenvalue weighted by atomic mass is 35.5. The molecule has 2 aromatic carbocycles. The fourth-order valence-corrected chi connectivity index (χ4v) is 2.40. The third-order valence-corrected chi connectivity index (χ3v) is 3.61. The molecule has 26 heavy (non-hydrogen) atoms. The van der Waals surface area contributed by atoms with Crippen molar-refractivity contribution in [1.29, 1.82) is 0 Å². The van der Waals surface area contributed by atoms with Crippen molar-refractivity contribution in [3.05, 3.63) is 71.6 Å². The predicted molar refractivity (Wildman–Crippen MR) is 96.7 cm³/mol. The molecule has 1 aromatic heterocycles. The second kappa shape index (κ2) is 8.31. The summed E-state index contributed by atoms with van der Waals surface area (Å²) in [4.78, 5) is 27.9. The SMILES string of the molecule is O=C(COC(=O)Cc1coc(-c2ccccc2)n1)Nc1cccc(Cl)c1. The molecule has 0 saturated heterocycles. The lowest BCUT2D eigenvalue weighted by molar-refractivity contribution is -0.146. The summed E-state index contributed by atoms with van der Waals surface area (Å²) in [5, 5.41) is 3.09. The van der Waals surface area contributed by atoms with Gasteiger partial charge in [-0.1, -0.05) is 35.9 Å². The number of benzene rings is 2. The first-order valence-corrected chi connectivity index (χ1v) is 8.19. The second-order valence-corrected chi connectivity index (χ2v) is 5.84. The third-order valence-electron chi connectivity index (χ3n) is 3.37. The minimum Gasteiger partial charge on any atom is -0.455 e. The first-order chi connectivity index (χ1) is 12.6. The number of oxazole rings is 1. The Kier molecular flexibility index (Phi) is 5.66. The molecule has 1 amide bonds. The van der Waals surface area contributed by atoms with E-state index in [0.29, 0.717) is 22.3 Å². The zero-order chi connectivity index (χ0) is 18.4. The predicted octanol–water partition coefficient (Wildman–Crippen LogP) is 3.72. The topological polar surface area (TPSA) is 81.4 Å². The number of ether oxygens (including phenoxy) is 1.